The van der Waals surface area contributed by atoms with Crippen molar-refractivity contribution in [1.82, 2.24) is 5.32 Å². The number of rotatable bonds is 3. The summed E-state index contributed by atoms with van der Waals surface area (Å²) in [4.78, 5) is 12.0. The lowest BCUT2D eigenvalue weighted by atomic mass is 9.91. The molecule has 18 heavy (non-hydrogen) atoms. The highest BCUT2D eigenvalue weighted by atomic mass is 35.5. The van der Waals surface area contributed by atoms with Crippen LogP contribution in [-0.4, -0.2) is 42.7 Å². The van der Waals surface area contributed by atoms with E-state index in [0.717, 1.165) is 50.4 Å². The average Bonchev–Trinajstić information content (AvgIpc) is 2.40. The third kappa shape index (κ3) is 4.61. The highest BCUT2D eigenvalue weighted by Gasteiger charge is 2.28. The lowest BCUT2D eigenvalue weighted by Gasteiger charge is -2.29. The molecule has 2 rings (SSSR count). The number of amides is 1. The first-order chi connectivity index (χ1) is 8.27. The number of nitrogens with two attached hydrogens (primary N) is 1. The molecule has 0 aromatic rings. The molecule has 0 radical (unpaired) electrons. The van der Waals surface area contributed by atoms with Crippen molar-refractivity contribution < 1.29 is 9.53 Å². The fourth-order valence-electron chi connectivity index (χ4n) is 2.43. The summed E-state index contributed by atoms with van der Waals surface area (Å²) in [5.74, 6) is 2.63. The third-order valence-electron chi connectivity index (χ3n) is 3.64. The molecular weight excluding hydrogens is 272 g/mol. The first kappa shape index (κ1) is 16.1. The van der Waals surface area contributed by atoms with Crippen molar-refractivity contribution in [3.8, 4) is 0 Å². The van der Waals surface area contributed by atoms with Crippen LogP contribution < -0.4 is 11.1 Å². The first-order valence-corrected chi connectivity index (χ1v) is 7.64. The van der Waals surface area contributed by atoms with Crippen LogP contribution in [-0.2, 0) is 9.53 Å². The number of hydrogen-bond acceptors (Lipinski definition) is 4. The van der Waals surface area contributed by atoms with Crippen molar-refractivity contribution in [2.45, 2.75) is 37.8 Å². The maximum Gasteiger partial charge on any atom is 0.237 e. The molecule has 1 amide bonds. The molecule has 0 spiro atoms. The number of nitrogens with one attached hydrogen (secondary N) is 1. The molecule has 2 heterocycles. The van der Waals surface area contributed by atoms with Crippen LogP contribution in [0.3, 0.4) is 0 Å². The van der Waals surface area contributed by atoms with Crippen LogP contribution in [0.5, 0.6) is 0 Å². The minimum absolute atomic E-state index is 0. The van der Waals surface area contributed by atoms with E-state index in [1.54, 1.807) is 0 Å². The molecule has 0 aromatic heterocycles. The van der Waals surface area contributed by atoms with Crippen molar-refractivity contribution in [3.63, 3.8) is 0 Å². The van der Waals surface area contributed by atoms with Gasteiger partial charge in [-0.15, -0.1) is 12.4 Å². The zero-order valence-corrected chi connectivity index (χ0v) is 12.2. The summed E-state index contributed by atoms with van der Waals surface area (Å²) < 4.78 is 5.29. The molecule has 1 unspecified atom stereocenters. The summed E-state index contributed by atoms with van der Waals surface area (Å²) >= 11 is 1.96. The van der Waals surface area contributed by atoms with Crippen LogP contribution in [0.4, 0.5) is 0 Å². The second kappa shape index (κ2) is 8.25. The van der Waals surface area contributed by atoms with Crippen molar-refractivity contribution in [2.75, 3.05) is 24.7 Å². The predicted molar refractivity (Wildman–Crippen MR) is 77.3 cm³/mol. The van der Waals surface area contributed by atoms with E-state index in [4.69, 9.17) is 10.5 Å². The summed E-state index contributed by atoms with van der Waals surface area (Å²) in [6.07, 6.45) is 3.98. The average molecular weight is 295 g/mol. The normalized spacial score (nSPS) is 24.1. The van der Waals surface area contributed by atoms with Crippen LogP contribution in [0.2, 0.25) is 0 Å². The summed E-state index contributed by atoms with van der Waals surface area (Å²) in [5.41, 5.74) is 6.04. The Hall–Kier alpha value is 0.0300. The molecule has 3 N–H and O–H groups in total. The molecule has 106 valence electrons. The highest BCUT2D eigenvalue weighted by molar-refractivity contribution is 7.99. The van der Waals surface area contributed by atoms with Gasteiger partial charge >= 0.3 is 0 Å². The summed E-state index contributed by atoms with van der Waals surface area (Å²) in [6.45, 7) is 1.48. The Bertz CT molecular complexity index is 256. The van der Waals surface area contributed by atoms with E-state index < -0.39 is 0 Å². The van der Waals surface area contributed by atoms with Crippen LogP contribution in [0.15, 0.2) is 0 Å². The van der Waals surface area contributed by atoms with Gasteiger partial charge in [0.2, 0.25) is 5.91 Å². The van der Waals surface area contributed by atoms with Crippen molar-refractivity contribution >= 4 is 30.1 Å². The largest absolute Gasteiger partial charge is 0.381 e. The van der Waals surface area contributed by atoms with Crippen molar-refractivity contribution in [1.29, 1.82) is 0 Å². The van der Waals surface area contributed by atoms with Crippen LogP contribution in [0.25, 0.3) is 0 Å². The second-order valence-corrected chi connectivity index (χ2v) is 6.10. The molecule has 0 saturated carbocycles. The van der Waals surface area contributed by atoms with E-state index in [-0.39, 0.29) is 24.4 Å². The predicted octanol–water partition coefficient (Wildman–Crippen LogP) is 1.17. The van der Waals surface area contributed by atoms with E-state index in [1.807, 2.05) is 11.8 Å². The Balaban J connectivity index is 0.00000162. The monoisotopic (exact) mass is 294 g/mol. The van der Waals surface area contributed by atoms with Gasteiger partial charge in [-0.1, -0.05) is 0 Å². The van der Waals surface area contributed by atoms with Crippen LogP contribution in [0.1, 0.15) is 25.7 Å². The SMILES string of the molecule is Cl.NC(C(=O)NC1CCSCC1)C1CCOCC1. The van der Waals surface area contributed by atoms with E-state index in [0.29, 0.717) is 12.0 Å². The van der Waals surface area contributed by atoms with Gasteiger partial charge in [-0.05, 0) is 43.1 Å². The fraction of sp³-hybridized carbons (Fsp3) is 0.917. The Morgan fingerprint density at radius 2 is 1.83 bits per heavy atom. The van der Waals surface area contributed by atoms with Gasteiger partial charge < -0.3 is 15.8 Å². The van der Waals surface area contributed by atoms with Gasteiger partial charge in [0.25, 0.3) is 0 Å². The molecule has 1 atom stereocenters. The topological polar surface area (TPSA) is 64.4 Å². The second-order valence-electron chi connectivity index (χ2n) is 4.87. The molecule has 4 nitrogen and oxygen atoms in total. The van der Waals surface area contributed by atoms with Gasteiger partial charge in [-0.2, -0.15) is 11.8 Å². The summed E-state index contributed by atoms with van der Waals surface area (Å²) in [7, 11) is 0. The minimum Gasteiger partial charge on any atom is -0.381 e. The van der Waals surface area contributed by atoms with Gasteiger partial charge in [0.1, 0.15) is 0 Å². The Labute approximate surface area is 119 Å². The number of halogens is 1. The van der Waals surface area contributed by atoms with Gasteiger partial charge in [-0.25, -0.2) is 0 Å². The lowest BCUT2D eigenvalue weighted by Crippen LogP contribution is -2.50. The summed E-state index contributed by atoms with van der Waals surface area (Å²) in [6, 6.07) is -0.0110. The maximum atomic E-state index is 12.0. The molecule has 0 bridgehead atoms. The molecule has 2 aliphatic heterocycles. The van der Waals surface area contributed by atoms with Crippen molar-refractivity contribution in [3.05, 3.63) is 0 Å². The molecule has 0 aliphatic carbocycles. The molecular formula is C12H23ClN2O2S. The van der Waals surface area contributed by atoms with Gasteiger partial charge in [0.05, 0.1) is 6.04 Å². The fourth-order valence-corrected chi connectivity index (χ4v) is 3.53. The highest BCUT2D eigenvalue weighted by Crippen LogP contribution is 2.20. The van der Waals surface area contributed by atoms with Gasteiger partial charge in [0, 0.05) is 19.3 Å². The lowest BCUT2D eigenvalue weighted by molar-refractivity contribution is -0.125. The molecule has 0 aromatic carbocycles. The first-order valence-electron chi connectivity index (χ1n) is 6.49. The van der Waals surface area contributed by atoms with Crippen LogP contribution in [0, 0.1) is 5.92 Å². The Morgan fingerprint density at radius 3 is 2.44 bits per heavy atom. The van der Waals surface area contributed by atoms with Gasteiger partial charge in [-0.3, -0.25) is 4.79 Å². The van der Waals surface area contributed by atoms with Crippen molar-refractivity contribution in [2.24, 2.45) is 11.7 Å². The quantitative estimate of drug-likeness (QED) is 0.820. The minimum atomic E-state index is -0.353. The van der Waals surface area contributed by atoms with E-state index in [1.165, 1.54) is 0 Å². The standard InChI is InChI=1S/C12H22N2O2S.ClH/c13-11(9-1-5-16-6-2-9)12(15)14-10-3-7-17-8-4-10;/h9-11H,1-8,13H2,(H,14,15);1H. The Morgan fingerprint density at radius 1 is 1.22 bits per heavy atom. The summed E-state index contributed by atoms with van der Waals surface area (Å²) in [5, 5.41) is 3.10. The number of carbonyl (C=O) groups is 1. The van der Waals surface area contributed by atoms with E-state index in [9.17, 15) is 4.79 Å². The maximum absolute atomic E-state index is 12.0. The smallest absolute Gasteiger partial charge is 0.237 e. The zero-order chi connectivity index (χ0) is 12.1. The van der Waals surface area contributed by atoms with E-state index in [2.05, 4.69) is 5.32 Å². The van der Waals surface area contributed by atoms with Crippen LogP contribution >= 0.6 is 24.2 Å². The molecule has 2 saturated heterocycles. The number of thioether (sulfide) groups is 1. The third-order valence-corrected chi connectivity index (χ3v) is 4.69. The number of ether oxygens (including phenoxy) is 1. The zero-order valence-electron chi connectivity index (χ0n) is 10.6. The number of carbonyl (C=O) groups excluding carboxylic acids is 1. The van der Waals surface area contributed by atoms with E-state index >= 15 is 0 Å². The Kier molecular flexibility index (Phi) is 7.37. The molecule has 6 heteroatoms. The number of hydrogen-bond donors (Lipinski definition) is 2. The molecule has 2 aliphatic rings. The van der Waals surface area contributed by atoms with Gasteiger partial charge in [0.15, 0.2) is 0 Å². The molecule has 2 fully saturated rings.